The van der Waals surface area contributed by atoms with Gasteiger partial charge in [-0.1, -0.05) is 30.3 Å². The molecule has 3 rings (SSSR count). The van der Waals surface area contributed by atoms with Crippen molar-refractivity contribution >= 4 is 29.8 Å². The standard InChI is InChI=1S/C19H18N2O6S/c1-19(2)26-15(12-20-28-16-11-7-6-10-14(16)21(23)24)18(27-19)25-17(22)13-8-4-3-5-9-13/h3-12,15,18H,1-2H3/b20-12+/t15?,18-/m1/s1. The molecule has 0 amide bonds. The number of nitrogens with zero attached hydrogens (tertiary/aromatic N) is 2. The summed E-state index contributed by atoms with van der Waals surface area (Å²) in [4.78, 5) is 23.3. The van der Waals surface area contributed by atoms with Crippen LogP contribution in [0.3, 0.4) is 0 Å². The number of rotatable bonds is 6. The summed E-state index contributed by atoms with van der Waals surface area (Å²) in [7, 11) is 0. The van der Waals surface area contributed by atoms with Crippen molar-refractivity contribution in [2.24, 2.45) is 4.40 Å². The van der Waals surface area contributed by atoms with Crippen LogP contribution < -0.4 is 0 Å². The number of hydrogen-bond donors (Lipinski definition) is 0. The van der Waals surface area contributed by atoms with E-state index >= 15 is 0 Å². The van der Waals surface area contributed by atoms with Crippen LogP contribution in [-0.2, 0) is 14.2 Å². The molecule has 0 bridgehead atoms. The number of para-hydroxylation sites is 1. The molecular formula is C19H18N2O6S. The van der Waals surface area contributed by atoms with E-state index in [9.17, 15) is 14.9 Å². The van der Waals surface area contributed by atoms with Gasteiger partial charge in [0.15, 0.2) is 11.9 Å². The van der Waals surface area contributed by atoms with Crippen molar-refractivity contribution in [3.05, 3.63) is 70.3 Å². The third kappa shape index (κ3) is 4.94. The van der Waals surface area contributed by atoms with Crippen LogP contribution in [0.1, 0.15) is 24.2 Å². The van der Waals surface area contributed by atoms with Gasteiger partial charge < -0.3 is 14.2 Å². The molecule has 2 atom stereocenters. The minimum Gasteiger partial charge on any atom is -0.429 e. The van der Waals surface area contributed by atoms with Crippen LogP contribution in [0.15, 0.2) is 63.9 Å². The molecule has 1 aliphatic heterocycles. The van der Waals surface area contributed by atoms with Crippen LogP contribution in [0.5, 0.6) is 0 Å². The highest BCUT2D eigenvalue weighted by Crippen LogP contribution is 2.31. The van der Waals surface area contributed by atoms with Crippen molar-refractivity contribution in [2.75, 3.05) is 0 Å². The molecule has 0 N–H and O–H groups in total. The molecule has 1 aliphatic rings. The second kappa shape index (κ2) is 8.51. The highest BCUT2D eigenvalue weighted by Gasteiger charge is 2.43. The van der Waals surface area contributed by atoms with Crippen molar-refractivity contribution < 1.29 is 23.9 Å². The predicted octanol–water partition coefficient (Wildman–Crippen LogP) is 4.01. The number of carbonyl (C=O) groups is 1. The summed E-state index contributed by atoms with van der Waals surface area (Å²) < 4.78 is 20.9. The van der Waals surface area contributed by atoms with E-state index in [1.165, 1.54) is 12.3 Å². The number of hydrogen-bond acceptors (Lipinski definition) is 8. The molecule has 0 saturated carbocycles. The largest absolute Gasteiger partial charge is 0.429 e. The lowest BCUT2D eigenvalue weighted by molar-refractivity contribution is -0.387. The normalized spacial score (nSPS) is 20.9. The number of esters is 1. The first-order chi connectivity index (χ1) is 13.4. The van der Waals surface area contributed by atoms with E-state index in [0.29, 0.717) is 10.5 Å². The zero-order valence-electron chi connectivity index (χ0n) is 15.2. The summed E-state index contributed by atoms with van der Waals surface area (Å²) in [5.74, 6) is -1.52. The first-order valence-corrected chi connectivity index (χ1v) is 9.19. The van der Waals surface area contributed by atoms with E-state index in [1.54, 1.807) is 62.4 Å². The van der Waals surface area contributed by atoms with Crippen molar-refractivity contribution in [1.82, 2.24) is 0 Å². The number of carbonyl (C=O) groups excluding carboxylic acids is 1. The summed E-state index contributed by atoms with van der Waals surface area (Å²) in [6, 6.07) is 14.8. The summed E-state index contributed by atoms with van der Waals surface area (Å²) in [5, 5.41) is 11.1. The Morgan fingerprint density at radius 3 is 2.57 bits per heavy atom. The Morgan fingerprint density at radius 2 is 1.86 bits per heavy atom. The molecule has 0 aromatic heterocycles. The van der Waals surface area contributed by atoms with E-state index in [0.717, 1.165) is 11.9 Å². The zero-order chi connectivity index (χ0) is 20.1. The maximum absolute atomic E-state index is 12.3. The van der Waals surface area contributed by atoms with E-state index in [2.05, 4.69) is 4.40 Å². The van der Waals surface area contributed by atoms with Gasteiger partial charge in [0.05, 0.1) is 10.5 Å². The topological polar surface area (TPSA) is 100 Å². The number of benzene rings is 2. The quantitative estimate of drug-likeness (QED) is 0.237. The molecule has 9 heteroatoms. The number of ether oxygens (including phenoxy) is 3. The molecule has 0 aliphatic carbocycles. The molecule has 1 unspecified atom stereocenters. The Balaban J connectivity index is 1.70. The lowest BCUT2D eigenvalue weighted by Crippen LogP contribution is -2.29. The second-order valence-electron chi connectivity index (χ2n) is 6.31. The van der Waals surface area contributed by atoms with Crippen molar-refractivity contribution in [1.29, 1.82) is 0 Å². The Labute approximate surface area is 165 Å². The van der Waals surface area contributed by atoms with Gasteiger partial charge in [-0.2, -0.15) is 0 Å². The third-order valence-electron chi connectivity index (χ3n) is 3.74. The Bertz CT molecular complexity index is 887. The third-order valence-corrected chi connectivity index (χ3v) is 4.51. The van der Waals surface area contributed by atoms with Crippen LogP contribution in [0.2, 0.25) is 0 Å². The molecule has 2 aromatic rings. The van der Waals surface area contributed by atoms with Gasteiger partial charge in [-0.3, -0.25) is 10.1 Å². The van der Waals surface area contributed by atoms with Crippen molar-refractivity contribution in [2.45, 2.75) is 36.9 Å². The lowest BCUT2D eigenvalue weighted by atomic mass is 10.2. The van der Waals surface area contributed by atoms with E-state index < -0.39 is 29.1 Å². The molecule has 28 heavy (non-hydrogen) atoms. The summed E-state index contributed by atoms with van der Waals surface area (Å²) >= 11 is 0.931. The molecule has 0 spiro atoms. The Kier molecular flexibility index (Phi) is 6.08. The fourth-order valence-electron chi connectivity index (χ4n) is 2.53. The first-order valence-electron chi connectivity index (χ1n) is 8.41. The molecule has 8 nitrogen and oxygen atoms in total. The smallest absolute Gasteiger partial charge is 0.340 e. The van der Waals surface area contributed by atoms with Crippen LogP contribution in [0, 0.1) is 10.1 Å². The predicted molar refractivity (Wildman–Crippen MR) is 103 cm³/mol. The molecule has 1 heterocycles. The Morgan fingerprint density at radius 1 is 1.18 bits per heavy atom. The highest BCUT2D eigenvalue weighted by atomic mass is 32.2. The van der Waals surface area contributed by atoms with Gasteiger partial charge in [-0.05, 0) is 32.0 Å². The van der Waals surface area contributed by atoms with E-state index in [4.69, 9.17) is 14.2 Å². The molecular weight excluding hydrogens is 384 g/mol. The number of nitro benzene ring substituents is 1. The molecule has 0 radical (unpaired) electrons. The van der Waals surface area contributed by atoms with Gasteiger partial charge in [-0.25, -0.2) is 9.19 Å². The van der Waals surface area contributed by atoms with Crippen LogP contribution in [0.25, 0.3) is 0 Å². The van der Waals surface area contributed by atoms with Crippen molar-refractivity contribution in [3.63, 3.8) is 0 Å². The minimum atomic E-state index is -0.988. The van der Waals surface area contributed by atoms with Gasteiger partial charge >= 0.3 is 5.97 Å². The minimum absolute atomic E-state index is 0.0411. The van der Waals surface area contributed by atoms with Crippen LogP contribution in [-0.4, -0.2) is 35.3 Å². The Hall–Kier alpha value is -2.75. The molecule has 1 saturated heterocycles. The highest BCUT2D eigenvalue weighted by molar-refractivity contribution is 7.98. The average Bonchev–Trinajstić information content (AvgIpc) is 2.96. The lowest BCUT2D eigenvalue weighted by Gasteiger charge is -2.16. The van der Waals surface area contributed by atoms with Crippen LogP contribution in [0.4, 0.5) is 5.69 Å². The summed E-state index contributed by atoms with van der Waals surface area (Å²) in [5.41, 5.74) is 0.349. The fraction of sp³-hybridized carbons (Fsp3) is 0.263. The second-order valence-corrected chi connectivity index (χ2v) is 7.14. The van der Waals surface area contributed by atoms with Gasteiger partial charge in [0.1, 0.15) is 4.90 Å². The van der Waals surface area contributed by atoms with Crippen LogP contribution >= 0.6 is 11.9 Å². The fourth-order valence-corrected chi connectivity index (χ4v) is 3.20. The maximum atomic E-state index is 12.3. The monoisotopic (exact) mass is 402 g/mol. The molecule has 2 aromatic carbocycles. The molecule has 146 valence electrons. The van der Waals surface area contributed by atoms with E-state index in [-0.39, 0.29) is 5.69 Å². The molecule has 1 fully saturated rings. The summed E-state index contributed by atoms with van der Waals surface area (Å²) in [6.07, 6.45) is -0.324. The van der Waals surface area contributed by atoms with Crippen molar-refractivity contribution in [3.8, 4) is 0 Å². The van der Waals surface area contributed by atoms with Gasteiger partial charge in [0.25, 0.3) is 5.69 Å². The summed E-state index contributed by atoms with van der Waals surface area (Å²) in [6.45, 7) is 3.39. The zero-order valence-corrected chi connectivity index (χ0v) is 16.0. The van der Waals surface area contributed by atoms with Gasteiger partial charge in [0.2, 0.25) is 6.29 Å². The number of nitro groups is 1. The first kappa shape index (κ1) is 20.0. The van der Waals surface area contributed by atoms with Gasteiger partial charge in [0, 0.05) is 24.2 Å². The van der Waals surface area contributed by atoms with E-state index in [1.807, 2.05) is 0 Å². The van der Waals surface area contributed by atoms with Gasteiger partial charge in [-0.15, -0.1) is 0 Å². The SMILES string of the molecule is CC1(C)OC(/C=N/Sc2ccccc2[N+](=O)[O-])[C@H](OC(=O)c2ccccc2)O1. The average molecular weight is 402 g/mol. The maximum Gasteiger partial charge on any atom is 0.340 e.